The fourth-order valence-corrected chi connectivity index (χ4v) is 3.51. The average molecular weight is 351 g/mol. The van der Waals surface area contributed by atoms with Gasteiger partial charge < -0.3 is 0 Å². The number of nitrogens with zero attached hydrogens (tertiary/aromatic N) is 2. The first-order chi connectivity index (χ1) is 10.6. The molecule has 1 amide bonds. The van der Waals surface area contributed by atoms with Crippen molar-refractivity contribution in [2.75, 3.05) is 11.4 Å². The fraction of sp³-hybridized carbons (Fsp3) is 0.125. The number of thiazole rings is 1. The lowest BCUT2D eigenvalue weighted by Gasteiger charge is -2.17. The number of hydrogen-bond donors (Lipinski definition) is 0. The Morgan fingerprint density at radius 3 is 2.68 bits per heavy atom. The molecule has 0 aliphatic carbocycles. The minimum absolute atomic E-state index is 0.116. The van der Waals surface area contributed by atoms with Crippen molar-refractivity contribution in [3.63, 3.8) is 0 Å². The van der Waals surface area contributed by atoms with Crippen LogP contribution < -0.4 is 4.90 Å². The fourth-order valence-electron chi connectivity index (χ4n) is 2.15. The predicted molar refractivity (Wildman–Crippen MR) is 93.4 cm³/mol. The summed E-state index contributed by atoms with van der Waals surface area (Å²) in [7, 11) is 0. The van der Waals surface area contributed by atoms with Crippen LogP contribution in [0.25, 0.3) is 10.2 Å². The standard InChI is InChI=1S/C16H12Cl2N2OS/c1-2-20(15(21)10-4-3-5-11(17)8-10)16-19-13-9-12(18)6-7-14(13)22-16/h3-9H,2H2,1H3. The van der Waals surface area contributed by atoms with Crippen molar-refractivity contribution >= 4 is 55.8 Å². The maximum atomic E-state index is 12.7. The molecule has 0 spiro atoms. The third-order valence-electron chi connectivity index (χ3n) is 3.20. The van der Waals surface area contributed by atoms with Crippen LogP contribution in [0.5, 0.6) is 0 Å². The Bertz CT molecular complexity index is 847. The lowest BCUT2D eigenvalue weighted by Crippen LogP contribution is -2.30. The molecule has 0 fully saturated rings. The Morgan fingerprint density at radius 1 is 1.18 bits per heavy atom. The van der Waals surface area contributed by atoms with Crippen LogP contribution in [0, 0.1) is 0 Å². The number of carbonyl (C=O) groups is 1. The molecule has 112 valence electrons. The van der Waals surface area contributed by atoms with Gasteiger partial charge in [0.25, 0.3) is 5.91 Å². The van der Waals surface area contributed by atoms with E-state index >= 15 is 0 Å². The molecule has 0 N–H and O–H groups in total. The number of carbonyl (C=O) groups excluding carboxylic acids is 1. The van der Waals surface area contributed by atoms with Crippen LogP contribution in [0.15, 0.2) is 42.5 Å². The largest absolute Gasteiger partial charge is 0.284 e. The number of rotatable bonds is 3. The molecule has 3 nitrogen and oxygen atoms in total. The molecule has 0 bridgehead atoms. The third kappa shape index (κ3) is 2.95. The molecule has 0 atom stereocenters. The first-order valence-corrected chi connectivity index (χ1v) is 8.29. The molecule has 0 aliphatic rings. The number of anilines is 1. The van der Waals surface area contributed by atoms with E-state index in [1.165, 1.54) is 11.3 Å². The molecule has 3 rings (SSSR count). The third-order valence-corrected chi connectivity index (χ3v) is 4.73. The van der Waals surface area contributed by atoms with Crippen molar-refractivity contribution in [3.8, 4) is 0 Å². The highest BCUT2D eigenvalue weighted by molar-refractivity contribution is 7.22. The second kappa shape index (κ2) is 6.24. The summed E-state index contributed by atoms with van der Waals surface area (Å²) in [5, 5.41) is 1.83. The van der Waals surface area contributed by atoms with Gasteiger partial charge in [-0.05, 0) is 43.3 Å². The summed E-state index contributed by atoms with van der Waals surface area (Å²) in [5.74, 6) is -0.116. The molecule has 0 aliphatic heterocycles. The summed E-state index contributed by atoms with van der Waals surface area (Å²) in [6.45, 7) is 2.44. The molecule has 0 saturated carbocycles. The summed E-state index contributed by atoms with van der Waals surface area (Å²) in [4.78, 5) is 18.8. The Labute approximate surface area is 142 Å². The van der Waals surface area contributed by atoms with Crippen molar-refractivity contribution in [3.05, 3.63) is 58.1 Å². The van der Waals surface area contributed by atoms with Gasteiger partial charge in [-0.2, -0.15) is 0 Å². The van der Waals surface area contributed by atoms with E-state index in [0.29, 0.717) is 27.3 Å². The summed E-state index contributed by atoms with van der Waals surface area (Å²) in [6, 6.07) is 12.5. The van der Waals surface area contributed by atoms with Crippen LogP contribution in [-0.4, -0.2) is 17.4 Å². The summed E-state index contributed by atoms with van der Waals surface area (Å²) in [6.07, 6.45) is 0. The number of benzene rings is 2. The van der Waals surface area contributed by atoms with Gasteiger partial charge in [0.2, 0.25) is 0 Å². The second-order valence-electron chi connectivity index (χ2n) is 4.67. The highest BCUT2D eigenvalue weighted by atomic mass is 35.5. The van der Waals surface area contributed by atoms with Gasteiger partial charge in [0.1, 0.15) is 0 Å². The Balaban J connectivity index is 2.00. The number of aromatic nitrogens is 1. The van der Waals surface area contributed by atoms with Crippen LogP contribution in [0.2, 0.25) is 10.0 Å². The van der Waals surface area contributed by atoms with Crippen LogP contribution in [0.4, 0.5) is 5.13 Å². The van der Waals surface area contributed by atoms with Crippen molar-refractivity contribution in [1.82, 2.24) is 4.98 Å². The van der Waals surface area contributed by atoms with Crippen molar-refractivity contribution in [1.29, 1.82) is 0 Å². The molecule has 0 unspecified atom stereocenters. The van der Waals surface area contributed by atoms with E-state index < -0.39 is 0 Å². The van der Waals surface area contributed by atoms with Gasteiger partial charge >= 0.3 is 0 Å². The zero-order valence-corrected chi connectivity index (χ0v) is 14.0. The smallest absolute Gasteiger partial charge is 0.260 e. The lowest BCUT2D eigenvalue weighted by molar-refractivity contribution is 0.0988. The van der Waals surface area contributed by atoms with E-state index in [4.69, 9.17) is 23.2 Å². The minimum Gasteiger partial charge on any atom is -0.284 e. The summed E-state index contributed by atoms with van der Waals surface area (Å²) < 4.78 is 0.997. The highest BCUT2D eigenvalue weighted by Gasteiger charge is 2.19. The van der Waals surface area contributed by atoms with Crippen molar-refractivity contribution in [2.24, 2.45) is 0 Å². The van der Waals surface area contributed by atoms with Gasteiger partial charge in [-0.15, -0.1) is 0 Å². The van der Waals surface area contributed by atoms with Gasteiger partial charge in [-0.1, -0.05) is 40.6 Å². The minimum atomic E-state index is -0.116. The van der Waals surface area contributed by atoms with Gasteiger partial charge in [-0.3, -0.25) is 9.69 Å². The van der Waals surface area contributed by atoms with Crippen LogP contribution >= 0.6 is 34.5 Å². The monoisotopic (exact) mass is 350 g/mol. The van der Waals surface area contributed by atoms with Crippen LogP contribution in [0.3, 0.4) is 0 Å². The van der Waals surface area contributed by atoms with E-state index in [9.17, 15) is 4.79 Å². The Morgan fingerprint density at radius 2 is 1.95 bits per heavy atom. The molecule has 1 heterocycles. The predicted octanol–water partition coefficient (Wildman–Crippen LogP) is 5.27. The van der Waals surface area contributed by atoms with Gasteiger partial charge in [0, 0.05) is 22.2 Å². The van der Waals surface area contributed by atoms with Crippen molar-refractivity contribution < 1.29 is 4.79 Å². The quantitative estimate of drug-likeness (QED) is 0.644. The van der Waals surface area contributed by atoms with E-state index in [2.05, 4.69) is 4.98 Å². The zero-order valence-electron chi connectivity index (χ0n) is 11.7. The Hall–Kier alpha value is -1.62. The van der Waals surface area contributed by atoms with Gasteiger partial charge in [0.15, 0.2) is 5.13 Å². The number of hydrogen-bond acceptors (Lipinski definition) is 3. The van der Waals surface area contributed by atoms with E-state index in [1.54, 1.807) is 35.2 Å². The molecule has 2 aromatic carbocycles. The van der Waals surface area contributed by atoms with Gasteiger partial charge in [-0.25, -0.2) is 4.98 Å². The molecular weight excluding hydrogens is 339 g/mol. The summed E-state index contributed by atoms with van der Waals surface area (Å²) >= 11 is 13.4. The molecule has 22 heavy (non-hydrogen) atoms. The average Bonchev–Trinajstić information content (AvgIpc) is 2.90. The molecule has 0 radical (unpaired) electrons. The van der Waals surface area contributed by atoms with Crippen molar-refractivity contribution in [2.45, 2.75) is 6.92 Å². The zero-order chi connectivity index (χ0) is 15.7. The van der Waals surface area contributed by atoms with Crippen LogP contribution in [-0.2, 0) is 0 Å². The summed E-state index contributed by atoms with van der Waals surface area (Å²) in [5.41, 5.74) is 1.34. The number of halogens is 2. The maximum absolute atomic E-state index is 12.7. The first-order valence-electron chi connectivity index (χ1n) is 6.72. The number of fused-ring (bicyclic) bond motifs is 1. The van der Waals surface area contributed by atoms with E-state index in [1.807, 2.05) is 19.1 Å². The SMILES string of the molecule is CCN(C(=O)c1cccc(Cl)c1)c1nc2cc(Cl)ccc2s1. The first kappa shape index (κ1) is 15.3. The normalized spacial score (nSPS) is 10.9. The molecule has 1 aromatic heterocycles. The second-order valence-corrected chi connectivity index (χ2v) is 6.55. The molecular formula is C16H12Cl2N2OS. The topological polar surface area (TPSA) is 33.2 Å². The molecule has 6 heteroatoms. The lowest BCUT2D eigenvalue weighted by atomic mass is 10.2. The highest BCUT2D eigenvalue weighted by Crippen LogP contribution is 2.31. The number of amides is 1. The molecule has 0 saturated heterocycles. The Kier molecular flexibility index (Phi) is 4.34. The van der Waals surface area contributed by atoms with Crippen LogP contribution in [0.1, 0.15) is 17.3 Å². The maximum Gasteiger partial charge on any atom is 0.260 e. The van der Waals surface area contributed by atoms with Gasteiger partial charge in [0.05, 0.1) is 10.2 Å². The van der Waals surface area contributed by atoms with E-state index in [0.717, 1.165) is 10.2 Å². The molecule has 3 aromatic rings. The van der Waals surface area contributed by atoms with E-state index in [-0.39, 0.29) is 5.91 Å².